The first-order chi connectivity index (χ1) is 29.6. The van der Waals surface area contributed by atoms with Crippen LogP contribution in [0.2, 0.25) is 0 Å². The van der Waals surface area contributed by atoms with Crippen LogP contribution >= 0.6 is 45.3 Å². The Morgan fingerprint density at radius 1 is 0.350 bits per heavy atom. The van der Waals surface area contributed by atoms with Crippen molar-refractivity contribution in [2.75, 3.05) is 0 Å². The second-order valence-electron chi connectivity index (χ2n) is 15.6. The maximum Gasteiger partial charge on any atom is 0.0900 e. The Hall–Kier alpha value is -4.60. The summed E-state index contributed by atoms with van der Waals surface area (Å²) < 4.78 is 0. The van der Waals surface area contributed by atoms with Gasteiger partial charge in [0.25, 0.3) is 0 Å². The fourth-order valence-corrected chi connectivity index (χ4v) is 11.1. The smallest absolute Gasteiger partial charge is 0.0900 e. The molecule has 0 N–H and O–H groups in total. The van der Waals surface area contributed by atoms with Gasteiger partial charge in [0.15, 0.2) is 0 Å². The van der Waals surface area contributed by atoms with Crippen LogP contribution in [-0.2, 0) is 12.8 Å². The van der Waals surface area contributed by atoms with Crippen molar-refractivity contribution in [2.24, 2.45) is 0 Å². The molecule has 0 radical (unpaired) electrons. The fourth-order valence-electron chi connectivity index (χ4n) is 7.64. The quantitative estimate of drug-likeness (QED) is 0.0675. The van der Waals surface area contributed by atoms with Gasteiger partial charge in [-0.05, 0) is 132 Å². The van der Waals surface area contributed by atoms with E-state index in [0.717, 1.165) is 68.1 Å². The summed E-state index contributed by atoms with van der Waals surface area (Å²) in [6.07, 6.45) is 18.1. The molecule has 60 heavy (non-hydrogen) atoms. The Bertz CT molecular complexity index is 2370. The molecule has 0 bridgehead atoms. The van der Waals surface area contributed by atoms with Crippen molar-refractivity contribution in [3.8, 4) is 76.2 Å². The Kier molecular flexibility index (Phi) is 14.9. The highest BCUT2D eigenvalue weighted by molar-refractivity contribution is 7.16. The molecular weight excluding hydrogens is 809 g/mol. The van der Waals surface area contributed by atoms with Crippen LogP contribution in [0.3, 0.4) is 0 Å². The molecule has 0 fully saturated rings. The van der Waals surface area contributed by atoms with Crippen molar-refractivity contribution in [2.45, 2.75) is 104 Å². The standard InChI is InChI=1S/C52H54N4S4/c1-3-5-7-9-11-13-19-39-27-29-49(59-39)37-33-45(55-47(35-37)51-25-17-31-57-51)43-23-15-21-41(53-43)42-22-16-24-44(54-42)46-34-38(36-48(56-46)52-26-18-32-58-52)50-30-28-40(60-50)20-14-12-10-8-6-4-2/h15-18,21-36H,3-14,19-20H2,1-2H3. The monoisotopic (exact) mass is 862 g/mol. The lowest BCUT2D eigenvalue weighted by Gasteiger charge is -2.10. The SMILES string of the molecule is CCCCCCCCc1ccc(-c2cc(-c3cccc(-c4cccc(-c5cc(-c6ccc(CCCCCCCC)s6)cc(-c6cccs6)n5)n4)n3)nc(-c3cccs3)c2)s1. The summed E-state index contributed by atoms with van der Waals surface area (Å²) in [4.78, 5) is 28.6. The number of unbranched alkanes of at least 4 members (excludes halogenated alkanes) is 10. The molecule has 8 heterocycles. The van der Waals surface area contributed by atoms with Gasteiger partial charge in [-0.25, -0.2) is 19.9 Å². The first kappa shape index (κ1) is 42.1. The van der Waals surface area contributed by atoms with E-state index in [2.05, 4.69) is 122 Å². The molecule has 306 valence electrons. The van der Waals surface area contributed by atoms with Gasteiger partial charge in [0, 0.05) is 19.5 Å². The molecular formula is C52H54N4S4. The van der Waals surface area contributed by atoms with Gasteiger partial charge in [0.1, 0.15) is 0 Å². The van der Waals surface area contributed by atoms with Gasteiger partial charge < -0.3 is 0 Å². The van der Waals surface area contributed by atoms with Crippen LogP contribution in [0.15, 0.2) is 120 Å². The fraction of sp³-hybridized carbons (Fsp3) is 0.308. The van der Waals surface area contributed by atoms with Gasteiger partial charge in [-0.15, -0.1) is 45.3 Å². The number of nitrogens with zero attached hydrogens (tertiary/aromatic N) is 4. The molecule has 8 rings (SSSR count). The summed E-state index contributed by atoms with van der Waals surface area (Å²) in [6, 6.07) is 39.0. The first-order valence-corrected chi connectivity index (χ1v) is 25.3. The number of aromatic nitrogens is 4. The summed E-state index contributed by atoms with van der Waals surface area (Å²) in [7, 11) is 0. The van der Waals surface area contributed by atoms with Crippen LogP contribution in [-0.4, -0.2) is 19.9 Å². The highest BCUT2D eigenvalue weighted by Crippen LogP contribution is 2.38. The third kappa shape index (κ3) is 11.0. The maximum atomic E-state index is 5.22. The van der Waals surface area contributed by atoms with Gasteiger partial charge in [0.2, 0.25) is 0 Å². The largest absolute Gasteiger partial charge is 0.245 e. The summed E-state index contributed by atoms with van der Waals surface area (Å²) in [5.41, 5.74) is 9.32. The van der Waals surface area contributed by atoms with Crippen molar-refractivity contribution in [3.05, 3.63) is 130 Å². The zero-order chi connectivity index (χ0) is 40.9. The summed E-state index contributed by atoms with van der Waals surface area (Å²) in [6.45, 7) is 4.56. The van der Waals surface area contributed by atoms with E-state index in [4.69, 9.17) is 19.9 Å². The molecule has 8 aromatic heterocycles. The first-order valence-electron chi connectivity index (χ1n) is 21.9. The summed E-state index contributed by atoms with van der Waals surface area (Å²) in [5.74, 6) is 0. The molecule has 0 unspecified atom stereocenters. The number of hydrogen-bond donors (Lipinski definition) is 0. The predicted molar refractivity (Wildman–Crippen MR) is 261 cm³/mol. The molecule has 0 amide bonds. The minimum Gasteiger partial charge on any atom is -0.245 e. The average Bonchev–Trinajstić information content (AvgIpc) is 4.15. The molecule has 0 atom stereocenters. The molecule has 8 heteroatoms. The van der Waals surface area contributed by atoms with E-state index in [1.165, 1.54) is 108 Å². The third-order valence-electron chi connectivity index (χ3n) is 10.9. The van der Waals surface area contributed by atoms with Crippen molar-refractivity contribution >= 4 is 45.3 Å². The van der Waals surface area contributed by atoms with Crippen molar-refractivity contribution in [3.63, 3.8) is 0 Å². The Morgan fingerprint density at radius 3 is 1.15 bits per heavy atom. The van der Waals surface area contributed by atoms with Crippen LogP contribution < -0.4 is 0 Å². The van der Waals surface area contributed by atoms with Crippen LogP contribution in [0.4, 0.5) is 0 Å². The number of rotatable bonds is 21. The zero-order valence-corrected chi connectivity index (χ0v) is 38.1. The number of aryl methyl sites for hydroxylation is 2. The second kappa shape index (κ2) is 21.3. The van der Waals surface area contributed by atoms with Crippen molar-refractivity contribution < 1.29 is 0 Å². The molecule has 0 aliphatic carbocycles. The summed E-state index contributed by atoms with van der Waals surface area (Å²) in [5, 5.41) is 4.24. The van der Waals surface area contributed by atoms with E-state index in [-0.39, 0.29) is 0 Å². The number of pyridine rings is 4. The van der Waals surface area contributed by atoms with Gasteiger partial charge in [-0.1, -0.05) is 102 Å². The van der Waals surface area contributed by atoms with Gasteiger partial charge in [-0.2, -0.15) is 0 Å². The van der Waals surface area contributed by atoms with Gasteiger partial charge in [-0.3, -0.25) is 0 Å². The Morgan fingerprint density at radius 2 is 0.733 bits per heavy atom. The van der Waals surface area contributed by atoms with E-state index >= 15 is 0 Å². The molecule has 0 aliphatic heterocycles. The van der Waals surface area contributed by atoms with E-state index < -0.39 is 0 Å². The zero-order valence-electron chi connectivity index (χ0n) is 34.9. The lowest BCUT2D eigenvalue weighted by atomic mass is 10.1. The number of hydrogen-bond acceptors (Lipinski definition) is 8. The minimum absolute atomic E-state index is 0.809. The molecule has 8 aromatic rings. The Balaban J connectivity index is 1.06. The summed E-state index contributed by atoms with van der Waals surface area (Å²) >= 11 is 7.26. The molecule has 4 nitrogen and oxygen atoms in total. The van der Waals surface area contributed by atoms with E-state index in [1.807, 2.05) is 34.8 Å². The molecule has 0 aromatic carbocycles. The van der Waals surface area contributed by atoms with Crippen molar-refractivity contribution in [1.82, 2.24) is 19.9 Å². The highest BCUT2D eigenvalue weighted by Gasteiger charge is 2.16. The molecule has 0 spiro atoms. The lowest BCUT2D eigenvalue weighted by molar-refractivity contribution is 0.609. The third-order valence-corrected chi connectivity index (χ3v) is 15.1. The van der Waals surface area contributed by atoms with E-state index in [9.17, 15) is 0 Å². The van der Waals surface area contributed by atoms with E-state index in [0.29, 0.717) is 0 Å². The van der Waals surface area contributed by atoms with Crippen LogP contribution in [0.5, 0.6) is 0 Å². The average molecular weight is 863 g/mol. The predicted octanol–water partition coefficient (Wildman–Crippen LogP) is 17.0. The normalized spacial score (nSPS) is 11.4. The van der Waals surface area contributed by atoms with E-state index in [1.54, 1.807) is 22.7 Å². The topological polar surface area (TPSA) is 51.6 Å². The molecule has 0 saturated heterocycles. The van der Waals surface area contributed by atoms with Gasteiger partial charge in [0.05, 0.1) is 55.3 Å². The molecule has 0 aliphatic rings. The minimum atomic E-state index is 0.809. The van der Waals surface area contributed by atoms with Gasteiger partial charge >= 0.3 is 0 Å². The molecule has 0 saturated carbocycles. The second-order valence-corrected chi connectivity index (χ2v) is 19.8. The van der Waals surface area contributed by atoms with Crippen molar-refractivity contribution in [1.29, 1.82) is 0 Å². The number of thiophene rings is 4. The Labute approximate surface area is 372 Å². The highest BCUT2D eigenvalue weighted by atomic mass is 32.1. The van der Waals surface area contributed by atoms with Crippen LogP contribution in [0.25, 0.3) is 76.2 Å². The maximum absolute atomic E-state index is 5.22. The lowest BCUT2D eigenvalue weighted by Crippen LogP contribution is -1.96. The van der Waals surface area contributed by atoms with Crippen LogP contribution in [0, 0.1) is 0 Å². The van der Waals surface area contributed by atoms with Crippen LogP contribution in [0.1, 0.15) is 101 Å².